The number of hydrogen-bond acceptors (Lipinski definition) is 4. The number of fused-ring (bicyclic) bond motifs is 1. The highest BCUT2D eigenvalue weighted by Gasteiger charge is 2.30. The maximum absolute atomic E-state index is 12.6. The quantitative estimate of drug-likeness (QED) is 0.561. The van der Waals surface area contributed by atoms with E-state index in [9.17, 15) is 28.1 Å². The first-order chi connectivity index (χ1) is 10.8. The molecule has 0 spiro atoms. The van der Waals surface area contributed by atoms with Gasteiger partial charge >= 0.3 is 11.9 Å². The van der Waals surface area contributed by atoms with Crippen molar-refractivity contribution in [2.24, 2.45) is 0 Å². The van der Waals surface area contributed by atoms with E-state index in [2.05, 4.69) is 4.98 Å². The summed E-state index contributed by atoms with van der Waals surface area (Å²) in [4.78, 5) is 24.9. The monoisotopic (exact) mass is 340 g/mol. The molecule has 0 saturated heterocycles. The molecule has 0 unspecified atom stereocenters. The van der Waals surface area contributed by atoms with Crippen LogP contribution < -0.4 is 5.56 Å². The SMILES string of the molecule is O=c1[nH]cc([N+](=O)[O-])c2sc(-c3ccc(C(F)(F)F)cc3)cc12. The van der Waals surface area contributed by atoms with Crippen LogP contribution in [-0.2, 0) is 6.18 Å². The van der Waals surface area contributed by atoms with Gasteiger partial charge in [-0.2, -0.15) is 13.2 Å². The third-order valence-electron chi connectivity index (χ3n) is 3.24. The van der Waals surface area contributed by atoms with Gasteiger partial charge in [0.15, 0.2) is 0 Å². The van der Waals surface area contributed by atoms with Gasteiger partial charge in [0.1, 0.15) is 4.70 Å². The summed E-state index contributed by atoms with van der Waals surface area (Å²) >= 11 is 0.990. The molecule has 0 radical (unpaired) electrons. The first-order valence-corrected chi connectivity index (χ1v) is 7.06. The number of H-pyrrole nitrogens is 1. The number of nitrogens with zero attached hydrogens (tertiary/aromatic N) is 1. The van der Waals surface area contributed by atoms with Gasteiger partial charge in [-0.15, -0.1) is 11.3 Å². The van der Waals surface area contributed by atoms with E-state index in [0.717, 1.165) is 29.7 Å². The predicted octanol–water partition coefficient (Wildman–Crippen LogP) is 4.18. The topological polar surface area (TPSA) is 76.0 Å². The lowest BCUT2D eigenvalue weighted by Gasteiger charge is -2.06. The summed E-state index contributed by atoms with van der Waals surface area (Å²) in [7, 11) is 0. The lowest BCUT2D eigenvalue weighted by molar-refractivity contribution is -0.383. The lowest BCUT2D eigenvalue weighted by Crippen LogP contribution is -2.05. The molecule has 0 bridgehead atoms. The van der Waals surface area contributed by atoms with E-state index < -0.39 is 22.2 Å². The van der Waals surface area contributed by atoms with Crippen LogP contribution >= 0.6 is 11.3 Å². The number of rotatable bonds is 2. The van der Waals surface area contributed by atoms with Crippen molar-refractivity contribution in [2.75, 3.05) is 0 Å². The minimum absolute atomic E-state index is 0.138. The summed E-state index contributed by atoms with van der Waals surface area (Å²) in [5.41, 5.74) is -1.07. The Morgan fingerprint density at radius 3 is 2.39 bits per heavy atom. The van der Waals surface area contributed by atoms with Crippen molar-refractivity contribution in [3.8, 4) is 10.4 Å². The zero-order chi connectivity index (χ0) is 16.8. The van der Waals surface area contributed by atoms with Crippen molar-refractivity contribution in [3.05, 3.63) is 62.6 Å². The summed E-state index contributed by atoms with van der Waals surface area (Å²) in [5, 5.41) is 11.1. The van der Waals surface area contributed by atoms with Crippen LogP contribution in [0.4, 0.5) is 18.9 Å². The van der Waals surface area contributed by atoms with Gasteiger partial charge in [0.2, 0.25) is 0 Å². The van der Waals surface area contributed by atoms with Crippen molar-refractivity contribution in [1.82, 2.24) is 4.98 Å². The second-order valence-electron chi connectivity index (χ2n) is 4.69. The third-order valence-corrected chi connectivity index (χ3v) is 4.45. The Morgan fingerprint density at radius 2 is 1.83 bits per heavy atom. The summed E-state index contributed by atoms with van der Waals surface area (Å²) in [6, 6.07) is 5.84. The molecule has 1 aromatic carbocycles. The molecule has 9 heteroatoms. The van der Waals surface area contributed by atoms with E-state index in [-0.39, 0.29) is 15.8 Å². The number of nitrogens with one attached hydrogen (secondary N) is 1. The van der Waals surface area contributed by atoms with Crippen LogP contribution in [0.3, 0.4) is 0 Å². The van der Waals surface area contributed by atoms with Crippen molar-refractivity contribution in [2.45, 2.75) is 6.18 Å². The summed E-state index contributed by atoms with van der Waals surface area (Å²) in [6.45, 7) is 0. The molecule has 5 nitrogen and oxygen atoms in total. The fraction of sp³-hybridized carbons (Fsp3) is 0.0714. The molecule has 0 atom stereocenters. The average Bonchev–Trinajstić information content (AvgIpc) is 2.92. The van der Waals surface area contributed by atoms with Crippen LogP contribution in [-0.4, -0.2) is 9.91 Å². The zero-order valence-electron chi connectivity index (χ0n) is 11.2. The summed E-state index contributed by atoms with van der Waals surface area (Å²) in [6.07, 6.45) is -3.42. The second kappa shape index (κ2) is 5.20. The van der Waals surface area contributed by atoms with Crippen LogP contribution in [0.2, 0.25) is 0 Å². The molecule has 23 heavy (non-hydrogen) atoms. The van der Waals surface area contributed by atoms with Gasteiger partial charge in [-0.25, -0.2) is 0 Å². The van der Waals surface area contributed by atoms with Gasteiger partial charge in [-0.05, 0) is 23.8 Å². The smallest absolute Gasteiger partial charge is 0.322 e. The first-order valence-electron chi connectivity index (χ1n) is 6.24. The van der Waals surface area contributed by atoms with Crippen LogP contribution in [0.5, 0.6) is 0 Å². The maximum atomic E-state index is 12.6. The average molecular weight is 340 g/mol. The van der Waals surface area contributed by atoms with E-state index in [0.29, 0.717) is 10.4 Å². The molecule has 2 heterocycles. The van der Waals surface area contributed by atoms with Crippen LogP contribution in [0.15, 0.2) is 41.3 Å². The van der Waals surface area contributed by atoms with Gasteiger partial charge in [-0.1, -0.05) is 12.1 Å². The first kappa shape index (κ1) is 15.2. The maximum Gasteiger partial charge on any atom is 0.416 e. The Kier molecular flexibility index (Phi) is 3.44. The Balaban J connectivity index is 2.14. The number of aromatic nitrogens is 1. The van der Waals surface area contributed by atoms with E-state index in [4.69, 9.17) is 0 Å². The summed E-state index contributed by atoms with van der Waals surface area (Å²) in [5.74, 6) is 0. The van der Waals surface area contributed by atoms with E-state index >= 15 is 0 Å². The number of benzene rings is 1. The van der Waals surface area contributed by atoms with Crippen molar-refractivity contribution >= 4 is 27.1 Å². The molecule has 0 saturated carbocycles. The minimum Gasteiger partial charge on any atom is -0.322 e. The standard InChI is InChI=1S/C14H7F3N2O3S/c15-14(16,17)8-3-1-7(2-4-8)11-5-9-12(23-11)10(19(21)22)6-18-13(9)20/h1-6H,(H,18,20). The molecule has 0 aliphatic heterocycles. The molecule has 1 N–H and O–H groups in total. The van der Waals surface area contributed by atoms with E-state index in [1.54, 1.807) is 0 Å². The highest BCUT2D eigenvalue weighted by molar-refractivity contribution is 7.22. The highest BCUT2D eigenvalue weighted by Crippen LogP contribution is 2.37. The van der Waals surface area contributed by atoms with E-state index in [1.165, 1.54) is 18.2 Å². The fourth-order valence-electron chi connectivity index (χ4n) is 2.13. The molecule has 0 aliphatic carbocycles. The summed E-state index contributed by atoms with van der Waals surface area (Å²) < 4.78 is 37.9. The fourth-order valence-corrected chi connectivity index (χ4v) is 3.28. The molecule has 3 aromatic rings. The van der Waals surface area contributed by atoms with Crippen LogP contribution in [0.1, 0.15) is 5.56 Å². The molecule has 2 aromatic heterocycles. The minimum atomic E-state index is -4.44. The zero-order valence-corrected chi connectivity index (χ0v) is 12.0. The lowest BCUT2D eigenvalue weighted by atomic mass is 10.1. The third kappa shape index (κ3) is 2.70. The van der Waals surface area contributed by atoms with Gasteiger partial charge in [0.05, 0.1) is 22.1 Å². The number of alkyl halides is 3. The normalized spacial score (nSPS) is 11.8. The van der Waals surface area contributed by atoms with Crippen molar-refractivity contribution in [1.29, 1.82) is 0 Å². The molecule has 0 amide bonds. The van der Waals surface area contributed by atoms with Crippen LogP contribution in [0, 0.1) is 10.1 Å². The van der Waals surface area contributed by atoms with Crippen molar-refractivity contribution in [3.63, 3.8) is 0 Å². The molecular formula is C14H7F3N2O3S. The second-order valence-corrected chi connectivity index (χ2v) is 5.74. The number of thiophene rings is 1. The molecule has 3 rings (SSSR count). The van der Waals surface area contributed by atoms with Crippen molar-refractivity contribution < 1.29 is 18.1 Å². The molecular weight excluding hydrogens is 333 g/mol. The Labute approximate surface area is 130 Å². The predicted molar refractivity (Wildman–Crippen MR) is 79.5 cm³/mol. The Bertz CT molecular complexity index is 958. The largest absolute Gasteiger partial charge is 0.416 e. The highest BCUT2D eigenvalue weighted by atomic mass is 32.1. The van der Waals surface area contributed by atoms with Crippen LogP contribution in [0.25, 0.3) is 20.5 Å². The van der Waals surface area contributed by atoms with E-state index in [1.807, 2.05) is 0 Å². The van der Waals surface area contributed by atoms with Gasteiger partial charge in [-0.3, -0.25) is 14.9 Å². The van der Waals surface area contributed by atoms with Gasteiger partial charge in [0, 0.05) is 4.88 Å². The van der Waals surface area contributed by atoms with Gasteiger partial charge in [0.25, 0.3) is 5.56 Å². The molecule has 0 fully saturated rings. The Morgan fingerprint density at radius 1 is 1.17 bits per heavy atom. The molecule has 118 valence electrons. The number of aromatic amines is 1. The number of nitro groups is 1. The Hall–Kier alpha value is -2.68. The number of halogens is 3. The number of pyridine rings is 1. The molecule has 0 aliphatic rings. The van der Waals surface area contributed by atoms with Gasteiger partial charge < -0.3 is 4.98 Å². The number of hydrogen-bond donors (Lipinski definition) is 1.